The van der Waals surface area contributed by atoms with Crippen LogP contribution in [-0.4, -0.2) is 22.9 Å². The maximum Gasteiger partial charge on any atom is 0.195 e. The van der Waals surface area contributed by atoms with E-state index in [1.54, 1.807) is 0 Å². The van der Waals surface area contributed by atoms with Crippen LogP contribution >= 0.6 is 0 Å². The van der Waals surface area contributed by atoms with Gasteiger partial charge in [-0.15, -0.1) is 0 Å². The minimum absolute atomic E-state index is 0.00281. The molecule has 0 aromatic heterocycles. The van der Waals surface area contributed by atoms with Crippen molar-refractivity contribution >= 4 is 16.6 Å². The molecule has 110 valence electrons. The molecule has 0 aliphatic heterocycles. The highest BCUT2D eigenvalue weighted by molar-refractivity contribution is 6.74. The molecule has 0 N–H and O–H groups in total. The number of hydrogen-bond acceptors (Lipinski definition) is 2. The van der Waals surface area contributed by atoms with Crippen LogP contribution in [0.3, 0.4) is 0 Å². The summed E-state index contributed by atoms with van der Waals surface area (Å²) in [5.74, 6) is 0. The van der Waals surface area contributed by atoms with Crippen LogP contribution in [0, 0.1) is 0 Å². The Morgan fingerprint density at radius 3 is 1.00 bits per heavy atom. The van der Waals surface area contributed by atoms with Crippen molar-refractivity contribution in [2.75, 3.05) is 0 Å². The summed E-state index contributed by atoms with van der Waals surface area (Å²) in [5, 5.41) is 0. The Morgan fingerprint density at radius 1 is 0.611 bits per heavy atom. The van der Waals surface area contributed by atoms with Crippen molar-refractivity contribution in [1.29, 1.82) is 0 Å². The van der Waals surface area contributed by atoms with Crippen molar-refractivity contribution in [3.63, 3.8) is 0 Å². The van der Waals surface area contributed by atoms with Gasteiger partial charge in [0.15, 0.2) is 16.6 Å². The van der Waals surface area contributed by atoms with E-state index in [9.17, 15) is 0 Å². The van der Waals surface area contributed by atoms with Crippen molar-refractivity contribution in [2.45, 2.75) is 91.0 Å². The maximum absolute atomic E-state index is 6.40. The van der Waals surface area contributed by atoms with Crippen LogP contribution in [0.25, 0.3) is 0 Å². The van der Waals surface area contributed by atoms with Crippen LogP contribution in [0.2, 0.25) is 36.3 Å². The lowest BCUT2D eigenvalue weighted by atomic mass is 10.8. The quantitative estimate of drug-likeness (QED) is 0.397. The summed E-state index contributed by atoms with van der Waals surface area (Å²) in [5.41, 5.74) is 0. The first kappa shape index (κ1) is 18.4. The monoisotopic (exact) mass is 290 g/mol. The van der Waals surface area contributed by atoms with Gasteiger partial charge in [0, 0.05) is 0 Å². The minimum Gasteiger partial charge on any atom is -0.393 e. The third-order valence-corrected chi connectivity index (χ3v) is 14.1. The molecule has 0 atom stereocenters. The minimum atomic E-state index is -1.52. The van der Waals surface area contributed by atoms with Gasteiger partial charge >= 0.3 is 0 Å². The highest BCUT2D eigenvalue weighted by Crippen LogP contribution is 2.28. The lowest BCUT2D eigenvalue weighted by molar-refractivity contribution is 0.00286. The van der Waals surface area contributed by atoms with E-state index in [0.29, 0.717) is 0 Å². The summed E-state index contributed by atoms with van der Waals surface area (Å²) in [7, 11) is -3.04. The average molecular weight is 291 g/mol. The van der Waals surface area contributed by atoms with Crippen molar-refractivity contribution < 1.29 is 8.85 Å². The molecular weight excluding hydrogens is 256 g/mol. The summed E-state index contributed by atoms with van der Waals surface area (Å²) < 4.78 is 12.8. The first-order valence-corrected chi connectivity index (χ1v) is 12.9. The van der Waals surface area contributed by atoms with E-state index in [1.807, 2.05) is 0 Å². The summed E-state index contributed by atoms with van der Waals surface area (Å²) in [6.45, 7) is 15.8. The topological polar surface area (TPSA) is 18.5 Å². The molecule has 0 spiro atoms. The van der Waals surface area contributed by atoms with Gasteiger partial charge in [0.2, 0.25) is 0 Å². The Bertz CT molecular complexity index is 175. The third-order valence-electron chi connectivity index (χ3n) is 4.70. The largest absolute Gasteiger partial charge is 0.393 e. The molecular formula is C14H34O2Si2. The predicted molar refractivity (Wildman–Crippen MR) is 86.0 cm³/mol. The Labute approximate surface area is 117 Å². The standard InChI is InChI=1S/C14H34O2Si2/c1-8-17(9-2,10-3)15-14(7)16-18(11-4,12-5)13-6/h14H,8-13H2,1-7H3. The molecule has 0 unspecified atom stereocenters. The van der Waals surface area contributed by atoms with Gasteiger partial charge in [-0.1, -0.05) is 41.5 Å². The molecule has 0 saturated carbocycles. The van der Waals surface area contributed by atoms with Gasteiger partial charge in [0.25, 0.3) is 0 Å². The van der Waals surface area contributed by atoms with E-state index in [1.165, 1.54) is 36.3 Å². The smallest absolute Gasteiger partial charge is 0.195 e. The molecule has 0 aliphatic carbocycles. The molecule has 0 bridgehead atoms. The molecule has 0 aromatic rings. The highest BCUT2D eigenvalue weighted by Gasteiger charge is 2.35. The lowest BCUT2D eigenvalue weighted by Crippen LogP contribution is -2.45. The zero-order chi connectivity index (χ0) is 14.2. The Balaban J connectivity index is 4.61. The number of rotatable bonds is 10. The summed E-state index contributed by atoms with van der Waals surface area (Å²) in [6.07, 6.45) is 0.00281. The normalized spacial score (nSPS) is 13.3. The predicted octanol–water partition coefficient (Wildman–Crippen LogP) is 5.38. The molecule has 0 saturated heterocycles. The molecule has 0 amide bonds. The maximum atomic E-state index is 6.40. The molecule has 4 heteroatoms. The molecule has 0 fully saturated rings. The third kappa shape index (κ3) is 4.80. The molecule has 0 aliphatic rings. The van der Waals surface area contributed by atoms with E-state index < -0.39 is 16.6 Å². The van der Waals surface area contributed by atoms with Crippen LogP contribution < -0.4 is 0 Å². The fraction of sp³-hybridized carbons (Fsp3) is 1.00. The van der Waals surface area contributed by atoms with Gasteiger partial charge < -0.3 is 8.85 Å². The van der Waals surface area contributed by atoms with E-state index in [4.69, 9.17) is 8.85 Å². The van der Waals surface area contributed by atoms with Crippen molar-refractivity contribution in [2.24, 2.45) is 0 Å². The highest BCUT2D eigenvalue weighted by atomic mass is 28.4. The molecule has 0 aromatic carbocycles. The molecule has 18 heavy (non-hydrogen) atoms. The van der Waals surface area contributed by atoms with Crippen molar-refractivity contribution in [3.8, 4) is 0 Å². The van der Waals surface area contributed by atoms with Gasteiger partial charge in [0.05, 0.1) is 0 Å². The molecule has 0 heterocycles. The average Bonchev–Trinajstić information content (AvgIpc) is 2.42. The van der Waals surface area contributed by atoms with E-state index in [-0.39, 0.29) is 6.29 Å². The molecule has 2 nitrogen and oxygen atoms in total. The second-order valence-corrected chi connectivity index (χ2v) is 14.7. The first-order chi connectivity index (χ1) is 8.46. The van der Waals surface area contributed by atoms with Gasteiger partial charge in [-0.05, 0) is 43.2 Å². The summed E-state index contributed by atoms with van der Waals surface area (Å²) in [6, 6.07) is 7.21. The summed E-state index contributed by atoms with van der Waals surface area (Å²) >= 11 is 0. The second-order valence-electron chi connectivity index (χ2n) is 5.29. The van der Waals surface area contributed by atoms with Crippen LogP contribution in [0.5, 0.6) is 0 Å². The Kier molecular flexibility index (Phi) is 8.68. The van der Waals surface area contributed by atoms with Gasteiger partial charge in [-0.2, -0.15) is 0 Å². The molecule has 0 rings (SSSR count). The Hall–Kier alpha value is 0.354. The fourth-order valence-corrected chi connectivity index (χ4v) is 8.33. The van der Waals surface area contributed by atoms with E-state index >= 15 is 0 Å². The Morgan fingerprint density at radius 2 is 0.833 bits per heavy atom. The van der Waals surface area contributed by atoms with Gasteiger partial charge in [0.1, 0.15) is 6.29 Å². The number of hydrogen-bond donors (Lipinski definition) is 0. The van der Waals surface area contributed by atoms with Crippen molar-refractivity contribution in [3.05, 3.63) is 0 Å². The zero-order valence-corrected chi connectivity index (χ0v) is 15.6. The van der Waals surface area contributed by atoms with Crippen molar-refractivity contribution in [1.82, 2.24) is 0 Å². The van der Waals surface area contributed by atoms with Crippen LogP contribution in [-0.2, 0) is 8.85 Å². The van der Waals surface area contributed by atoms with Crippen LogP contribution in [0.15, 0.2) is 0 Å². The lowest BCUT2D eigenvalue weighted by Gasteiger charge is -2.37. The van der Waals surface area contributed by atoms with E-state index in [0.717, 1.165) is 0 Å². The van der Waals surface area contributed by atoms with Gasteiger partial charge in [-0.3, -0.25) is 0 Å². The first-order valence-electron chi connectivity index (χ1n) is 7.82. The molecule has 0 radical (unpaired) electrons. The summed E-state index contributed by atoms with van der Waals surface area (Å²) in [4.78, 5) is 0. The van der Waals surface area contributed by atoms with Crippen LogP contribution in [0.1, 0.15) is 48.5 Å². The van der Waals surface area contributed by atoms with E-state index in [2.05, 4.69) is 48.5 Å². The SMILES string of the molecule is CC[Si](CC)(CC)OC(C)O[Si](CC)(CC)CC. The fourth-order valence-electron chi connectivity index (χ4n) is 2.73. The van der Waals surface area contributed by atoms with Gasteiger partial charge in [-0.25, -0.2) is 0 Å². The van der Waals surface area contributed by atoms with Crippen LogP contribution in [0.4, 0.5) is 0 Å². The second kappa shape index (κ2) is 8.51. The zero-order valence-electron chi connectivity index (χ0n) is 13.6.